The van der Waals surface area contributed by atoms with Crippen LogP contribution >= 0.6 is 11.3 Å². The van der Waals surface area contributed by atoms with Crippen LogP contribution in [0.15, 0.2) is 48.5 Å². The molecule has 2 heterocycles. The average Bonchev–Trinajstić information content (AvgIpc) is 3.54. The minimum Gasteiger partial charge on any atom is -0.486 e. The second-order valence-corrected chi connectivity index (χ2v) is 9.00. The quantitative estimate of drug-likeness (QED) is 0.427. The number of aromatic nitrogens is 2. The summed E-state index contributed by atoms with van der Waals surface area (Å²) in [5.74, 6) is -0.374. The fourth-order valence-electron chi connectivity index (χ4n) is 3.58. The molecule has 2 amide bonds. The van der Waals surface area contributed by atoms with Crippen molar-refractivity contribution in [3.63, 3.8) is 0 Å². The third-order valence-electron chi connectivity index (χ3n) is 5.38. The molecule has 2 aromatic carbocycles. The Morgan fingerprint density at radius 1 is 1.00 bits per heavy atom. The minimum absolute atomic E-state index is 0.123. The first kappa shape index (κ1) is 23.8. The van der Waals surface area contributed by atoms with E-state index in [4.69, 9.17) is 4.74 Å². The molecular weight excluding hydrogens is 457 g/mol. The Hall–Kier alpha value is -3.37. The lowest BCUT2D eigenvalue weighted by atomic mass is 10.2. The lowest BCUT2D eigenvalue weighted by Crippen LogP contribution is -2.28. The van der Waals surface area contributed by atoms with Gasteiger partial charge in [0.2, 0.25) is 5.01 Å². The van der Waals surface area contributed by atoms with E-state index >= 15 is 0 Å². The van der Waals surface area contributed by atoms with Gasteiger partial charge in [-0.2, -0.15) is 0 Å². The van der Waals surface area contributed by atoms with Crippen molar-refractivity contribution in [3.8, 4) is 5.75 Å². The fraction of sp³-hybridized carbons (Fsp3) is 0.333. The molecule has 4 rings (SSSR count). The number of hydrogen-bond donors (Lipinski definition) is 2. The number of hydrogen-bond acceptors (Lipinski definition) is 7. The van der Waals surface area contributed by atoms with Gasteiger partial charge in [-0.15, -0.1) is 10.2 Å². The van der Waals surface area contributed by atoms with E-state index in [1.807, 2.05) is 0 Å². The number of rotatable bonds is 10. The number of amides is 2. The number of likely N-dealkylation sites (tertiary alicyclic amines) is 1. The van der Waals surface area contributed by atoms with Crippen molar-refractivity contribution < 1.29 is 18.7 Å². The molecule has 178 valence electrons. The highest BCUT2D eigenvalue weighted by Crippen LogP contribution is 2.17. The van der Waals surface area contributed by atoms with Crippen LogP contribution in [0.2, 0.25) is 0 Å². The van der Waals surface area contributed by atoms with Gasteiger partial charge >= 0.3 is 0 Å². The second kappa shape index (κ2) is 11.7. The first-order valence-corrected chi connectivity index (χ1v) is 12.0. The molecule has 0 aliphatic carbocycles. The molecule has 1 aromatic heterocycles. The summed E-state index contributed by atoms with van der Waals surface area (Å²) in [5.41, 5.74) is 1.09. The monoisotopic (exact) mass is 483 g/mol. The van der Waals surface area contributed by atoms with E-state index in [9.17, 15) is 14.0 Å². The van der Waals surface area contributed by atoms with Gasteiger partial charge in [-0.25, -0.2) is 4.39 Å². The van der Waals surface area contributed by atoms with Crippen molar-refractivity contribution in [2.75, 3.05) is 31.5 Å². The zero-order chi connectivity index (χ0) is 23.8. The van der Waals surface area contributed by atoms with E-state index in [2.05, 4.69) is 25.7 Å². The van der Waals surface area contributed by atoms with Crippen molar-refractivity contribution in [2.45, 2.75) is 25.9 Å². The third kappa shape index (κ3) is 6.82. The van der Waals surface area contributed by atoms with Crippen LogP contribution in [0, 0.1) is 5.82 Å². The van der Waals surface area contributed by atoms with Crippen LogP contribution in [0.5, 0.6) is 5.75 Å². The van der Waals surface area contributed by atoms with Gasteiger partial charge in [0.1, 0.15) is 18.2 Å². The summed E-state index contributed by atoms with van der Waals surface area (Å²) < 4.78 is 18.5. The summed E-state index contributed by atoms with van der Waals surface area (Å²) in [5, 5.41) is 14.3. The van der Waals surface area contributed by atoms with Gasteiger partial charge in [-0.05, 0) is 87.4 Å². The first-order valence-electron chi connectivity index (χ1n) is 11.2. The van der Waals surface area contributed by atoms with E-state index in [1.165, 1.54) is 37.1 Å². The molecule has 0 radical (unpaired) electrons. The third-order valence-corrected chi connectivity index (χ3v) is 6.27. The average molecular weight is 484 g/mol. The first-order chi connectivity index (χ1) is 16.6. The van der Waals surface area contributed by atoms with Gasteiger partial charge in [0, 0.05) is 17.8 Å². The zero-order valence-electron chi connectivity index (χ0n) is 18.6. The van der Waals surface area contributed by atoms with Crippen LogP contribution in [0.25, 0.3) is 0 Å². The van der Waals surface area contributed by atoms with Crippen molar-refractivity contribution >= 4 is 28.8 Å². The predicted octanol–water partition coefficient (Wildman–Crippen LogP) is 3.72. The summed E-state index contributed by atoms with van der Waals surface area (Å²) in [6, 6.07) is 12.3. The smallest absolute Gasteiger partial charge is 0.286 e. The standard InChI is InChI=1S/C24H26FN5O3S/c25-18-6-10-20(11-7-18)33-16-21-28-29-24(34-21)23(32)27-19-8-4-17(5-9-19)22(31)26-12-3-15-30-13-1-2-14-30/h4-11H,1-3,12-16H2,(H,26,31)(H,27,32). The highest BCUT2D eigenvalue weighted by Gasteiger charge is 2.15. The molecule has 2 N–H and O–H groups in total. The Morgan fingerprint density at radius 2 is 1.74 bits per heavy atom. The Kier molecular flexibility index (Phi) is 8.16. The SMILES string of the molecule is O=C(NCCCN1CCCC1)c1ccc(NC(=O)c2nnc(COc3ccc(F)cc3)s2)cc1. The highest BCUT2D eigenvalue weighted by molar-refractivity contribution is 7.13. The summed E-state index contributed by atoms with van der Waals surface area (Å²) in [4.78, 5) is 27.2. The molecule has 3 aromatic rings. The molecule has 0 unspecified atom stereocenters. The van der Waals surface area contributed by atoms with Gasteiger partial charge in [0.25, 0.3) is 11.8 Å². The second-order valence-electron chi connectivity index (χ2n) is 7.93. The molecule has 0 atom stereocenters. The maximum Gasteiger partial charge on any atom is 0.286 e. The van der Waals surface area contributed by atoms with E-state index < -0.39 is 5.91 Å². The van der Waals surface area contributed by atoms with Crippen LogP contribution in [0.4, 0.5) is 10.1 Å². The maximum absolute atomic E-state index is 13.0. The summed E-state index contributed by atoms with van der Waals surface area (Å²) in [6.45, 7) is 4.08. The van der Waals surface area contributed by atoms with E-state index in [1.54, 1.807) is 24.3 Å². The molecule has 1 fully saturated rings. The molecule has 10 heteroatoms. The van der Waals surface area contributed by atoms with Crippen LogP contribution < -0.4 is 15.4 Å². The Labute approximate surface area is 201 Å². The number of carbonyl (C=O) groups excluding carboxylic acids is 2. The van der Waals surface area contributed by atoms with Gasteiger partial charge < -0.3 is 20.3 Å². The van der Waals surface area contributed by atoms with Gasteiger partial charge in [-0.3, -0.25) is 9.59 Å². The molecule has 0 spiro atoms. The summed E-state index contributed by atoms with van der Waals surface area (Å²) in [6.07, 6.45) is 3.46. The van der Waals surface area contributed by atoms with Crippen LogP contribution in [0.3, 0.4) is 0 Å². The van der Waals surface area contributed by atoms with Crippen LogP contribution in [-0.2, 0) is 6.61 Å². The highest BCUT2D eigenvalue weighted by atomic mass is 32.1. The minimum atomic E-state index is -0.398. The summed E-state index contributed by atoms with van der Waals surface area (Å²) >= 11 is 1.11. The van der Waals surface area contributed by atoms with Crippen molar-refractivity contribution in [1.82, 2.24) is 20.4 Å². The largest absolute Gasteiger partial charge is 0.486 e. The van der Waals surface area contributed by atoms with Gasteiger partial charge in [-0.1, -0.05) is 11.3 Å². The van der Waals surface area contributed by atoms with E-state index in [0.717, 1.165) is 37.4 Å². The maximum atomic E-state index is 13.0. The lowest BCUT2D eigenvalue weighted by Gasteiger charge is -2.14. The number of nitrogens with zero attached hydrogens (tertiary/aromatic N) is 3. The van der Waals surface area contributed by atoms with E-state index in [0.29, 0.717) is 28.6 Å². The van der Waals surface area contributed by atoms with Crippen LogP contribution in [0.1, 0.15) is 44.4 Å². The zero-order valence-corrected chi connectivity index (χ0v) is 19.4. The lowest BCUT2D eigenvalue weighted by molar-refractivity contribution is 0.0951. The Morgan fingerprint density at radius 3 is 2.47 bits per heavy atom. The predicted molar refractivity (Wildman–Crippen MR) is 128 cm³/mol. The number of carbonyl (C=O) groups is 2. The van der Waals surface area contributed by atoms with Gasteiger partial charge in [0.05, 0.1) is 0 Å². The Balaban J connectivity index is 1.21. The molecular formula is C24H26FN5O3S. The van der Waals surface area contributed by atoms with E-state index in [-0.39, 0.29) is 23.3 Å². The van der Waals surface area contributed by atoms with Gasteiger partial charge in [0.15, 0.2) is 5.01 Å². The number of halogens is 1. The number of nitrogens with one attached hydrogen (secondary N) is 2. The summed E-state index contributed by atoms with van der Waals surface area (Å²) in [7, 11) is 0. The molecule has 1 aliphatic rings. The normalized spacial score (nSPS) is 13.6. The molecule has 1 saturated heterocycles. The van der Waals surface area contributed by atoms with Crippen molar-refractivity contribution in [3.05, 3.63) is 69.9 Å². The number of ether oxygens (including phenoxy) is 1. The fourth-order valence-corrected chi connectivity index (χ4v) is 4.23. The molecule has 1 aliphatic heterocycles. The Bertz CT molecular complexity index is 1100. The number of benzene rings is 2. The molecule has 0 saturated carbocycles. The molecule has 0 bridgehead atoms. The van der Waals surface area contributed by atoms with Crippen molar-refractivity contribution in [2.24, 2.45) is 0 Å². The topological polar surface area (TPSA) is 96.5 Å². The van der Waals surface area contributed by atoms with Crippen LogP contribution in [-0.4, -0.2) is 53.1 Å². The molecule has 34 heavy (non-hydrogen) atoms. The number of anilines is 1. The molecule has 8 nitrogen and oxygen atoms in total. The van der Waals surface area contributed by atoms with Crippen molar-refractivity contribution in [1.29, 1.82) is 0 Å².